The Kier molecular flexibility index (Phi) is 3.85. The highest BCUT2D eigenvalue weighted by Gasteiger charge is 2.37. The molecule has 2 rings (SSSR count). The topological polar surface area (TPSA) is 55.1 Å². The predicted octanol–water partition coefficient (Wildman–Crippen LogP) is 1.86. The Morgan fingerprint density at radius 1 is 1.56 bits per heavy atom. The van der Waals surface area contributed by atoms with Crippen molar-refractivity contribution in [3.63, 3.8) is 0 Å². The summed E-state index contributed by atoms with van der Waals surface area (Å²) >= 11 is 0. The van der Waals surface area contributed by atoms with Crippen LogP contribution in [0.15, 0.2) is 12.3 Å². The highest BCUT2D eigenvalue weighted by molar-refractivity contribution is 5.87. The lowest BCUT2D eigenvalue weighted by Gasteiger charge is -2.33. The van der Waals surface area contributed by atoms with Crippen LogP contribution in [-0.2, 0) is 18.3 Å². The van der Waals surface area contributed by atoms with Gasteiger partial charge < -0.3 is 5.11 Å². The van der Waals surface area contributed by atoms with Crippen molar-refractivity contribution >= 4 is 5.78 Å². The van der Waals surface area contributed by atoms with Crippen LogP contribution >= 0.6 is 0 Å². The van der Waals surface area contributed by atoms with Gasteiger partial charge in [-0.25, -0.2) is 0 Å². The second-order valence-corrected chi connectivity index (χ2v) is 5.58. The van der Waals surface area contributed by atoms with Crippen molar-refractivity contribution in [2.45, 2.75) is 51.0 Å². The zero-order valence-electron chi connectivity index (χ0n) is 11.2. The number of ketones is 1. The van der Waals surface area contributed by atoms with E-state index >= 15 is 0 Å². The van der Waals surface area contributed by atoms with Gasteiger partial charge in [-0.05, 0) is 44.1 Å². The maximum absolute atomic E-state index is 12.2. The molecule has 100 valence electrons. The molecule has 1 aliphatic rings. The summed E-state index contributed by atoms with van der Waals surface area (Å²) in [4.78, 5) is 12.2. The minimum Gasteiger partial charge on any atom is -0.382 e. The van der Waals surface area contributed by atoms with Gasteiger partial charge in [0.25, 0.3) is 0 Å². The fourth-order valence-electron chi connectivity index (χ4n) is 2.64. The fourth-order valence-corrected chi connectivity index (χ4v) is 2.64. The van der Waals surface area contributed by atoms with Crippen molar-refractivity contribution in [1.29, 1.82) is 0 Å². The molecule has 0 spiro atoms. The molecule has 0 aromatic carbocycles. The lowest BCUT2D eigenvalue weighted by atomic mass is 9.76. The Morgan fingerprint density at radius 2 is 2.22 bits per heavy atom. The fraction of sp³-hybridized carbons (Fsp3) is 0.714. The third-order valence-electron chi connectivity index (χ3n) is 4.15. The number of carbonyl (C=O) groups is 1. The molecule has 1 heterocycles. The average molecular weight is 250 g/mol. The van der Waals surface area contributed by atoms with Gasteiger partial charge in [-0.15, -0.1) is 0 Å². The zero-order chi connectivity index (χ0) is 13.2. The average Bonchev–Trinajstić information content (AvgIpc) is 2.76. The molecular weight excluding hydrogens is 228 g/mol. The number of hydrogen-bond acceptors (Lipinski definition) is 3. The van der Waals surface area contributed by atoms with E-state index in [2.05, 4.69) is 12.0 Å². The first kappa shape index (κ1) is 13.3. The third-order valence-corrected chi connectivity index (χ3v) is 4.15. The van der Waals surface area contributed by atoms with Gasteiger partial charge in [0, 0.05) is 25.4 Å². The van der Waals surface area contributed by atoms with Gasteiger partial charge in [-0.3, -0.25) is 9.48 Å². The van der Waals surface area contributed by atoms with Crippen LogP contribution in [0.3, 0.4) is 0 Å². The maximum Gasteiger partial charge on any atom is 0.164 e. The van der Waals surface area contributed by atoms with Crippen LogP contribution in [-0.4, -0.2) is 26.3 Å². The number of nitrogens with zero attached hydrogens (tertiary/aromatic N) is 2. The van der Waals surface area contributed by atoms with Gasteiger partial charge in [0.1, 0.15) is 5.60 Å². The monoisotopic (exact) mass is 250 g/mol. The van der Waals surface area contributed by atoms with Gasteiger partial charge in [-0.1, -0.05) is 6.92 Å². The lowest BCUT2D eigenvalue weighted by Crippen LogP contribution is -2.42. The molecule has 0 atom stereocenters. The molecule has 0 amide bonds. The summed E-state index contributed by atoms with van der Waals surface area (Å²) in [5, 5.41) is 14.5. The van der Waals surface area contributed by atoms with Crippen LogP contribution < -0.4 is 0 Å². The Morgan fingerprint density at radius 3 is 2.78 bits per heavy atom. The summed E-state index contributed by atoms with van der Waals surface area (Å²) in [5.74, 6) is 0.630. The summed E-state index contributed by atoms with van der Waals surface area (Å²) in [6.07, 6.45) is 5.95. The van der Waals surface area contributed by atoms with E-state index in [4.69, 9.17) is 0 Å². The Balaban J connectivity index is 1.90. The maximum atomic E-state index is 12.2. The predicted molar refractivity (Wildman–Crippen MR) is 69.1 cm³/mol. The highest BCUT2D eigenvalue weighted by Crippen LogP contribution is 2.33. The van der Waals surface area contributed by atoms with Crippen LogP contribution in [0.2, 0.25) is 0 Å². The van der Waals surface area contributed by atoms with Crippen LogP contribution in [0.25, 0.3) is 0 Å². The van der Waals surface area contributed by atoms with Crippen molar-refractivity contribution in [3.05, 3.63) is 18.0 Å². The number of hydrogen-bond donors (Lipinski definition) is 1. The largest absolute Gasteiger partial charge is 0.382 e. The minimum absolute atomic E-state index is 0.00407. The van der Waals surface area contributed by atoms with E-state index in [1.54, 1.807) is 10.9 Å². The van der Waals surface area contributed by atoms with Crippen LogP contribution in [0.1, 0.15) is 44.7 Å². The first-order valence-electron chi connectivity index (χ1n) is 6.74. The van der Waals surface area contributed by atoms with Crippen molar-refractivity contribution < 1.29 is 9.90 Å². The number of aryl methyl sites for hydroxylation is 2. The van der Waals surface area contributed by atoms with Crippen molar-refractivity contribution in [2.75, 3.05) is 0 Å². The second kappa shape index (κ2) is 5.22. The highest BCUT2D eigenvalue weighted by atomic mass is 16.3. The Bertz CT molecular complexity index is 417. The third kappa shape index (κ3) is 2.80. The van der Waals surface area contributed by atoms with Crippen molar-refractivity contribution in [1.82, 2.24) is 9.78 Å². The summed E-state index contributed by atoms with van der Waals surface area (Å²) in [6.45, 7) is 2.18. The molecule has 1 aromatic rings. The van der Waals surface area contributed by atoms with Gasteiger partial charge >= 0.3 is 0 Å². The van der Waals surface area contributed by atoms with E-state index in [1.165, 1.54) is 0 Å². The second-order valence-electron chi connectivity index (χ2n) is 5.58. The van der Waals surface area contributed by atoms with E-state index in [9.17, 15) is 9.90 Å². The van der Waals surface area contributed by atoms with Crippen LogP contribution in [0, 0.1) is 5.92 Å². The Hall–Kier alpha value is -1.16. The quantitative estimate of drug-likeness (QED) is 0.887. The SMILES string of the molecule is CC1CCC(O)(C(=O)CCc2ccnn2C)CC1. The first-order chi connectivity index (χ1) is 8.51. The molecule has 4 nitrogen and oxygen atoms in total. The number of Topliss-reactive ketones (excluding diaryl/α,β-unsaturated/α-hetero) is 1. The molecule has 0 aliphatic heterocycles. The molecule has 4 heteroatoms. The van der Waals surface area contributed by atoms with Crippen molar-refractivity contribution in [2.24, 2.45) is 13.0 Å². The molecule has 1 saturated carbocycles. The van der Waals surface area contributed by atoms with Gasteiger partial charge in [0.05, 0.1) is 0 Å². The Labute approximate surface area is 108 Å². The molecule has 1 aromatic heterocycles. The lowest BCUT2D eigenvalue weighted by molar-refractivity contribution is -0.141. The first-order valence-corrected chi connectivity index (χ1v) is 6.74. The van der Waals surface area contributed by atoms with Crippen molar-refractivity contribution in [3.8, 4) is 0 Å². The van der Waals surface area contributed by atoms with E-state index < -0.39 is 5.60 Å². The number of carbonyl (C=O) groups excluding carboxylic acids is 1. The zero-order valence-corrected chi connectivity index (χ0v) is 11.2. The molecule has 0 radical (unpaired) electrons. The summed E-state index contributed by atoms with van der Waals surface area (Å²) < 4.78 is 1.78. The van der Waals surface area contributed by atoms with Crippen LogP contribution in [0.5, 0.6) is 0 Å². The molecule has 1 N–H and O–H groups in total. The number of rotatable bonds is 4. The molecule has 1 fully saturated rings. The van der Waals surface area contributed by atoms with Crippen LogP contribution in [0.4, 0.5) is 0 Å². The van der Waals surface area contributed by atoms with E-state index in [1.807, 2.05) is 13.1 Å². The van der Waals surface area contributed by atoms with E-state index in [-0.39, 0.29) is 5.78 Å². The number of aromatic nitrogens is 2. The molecule has 1 aliphatic carbocycles. The summed E-state index contributed by atoms with van der Waals surface area (Å²) in [5.41, 5.74) is -0.0263. The molecule has 0 bridgehead atoms. The van der Waals surface area contributed by atoms with E-state index in [0.29, 0.717) is 31.6 Å². The van der Waals surface area contributed by atoms with Gasteiger partial charge in [0.2, 0.25) is 0 Å². The molecule has 0 saturated heterocycles. The summed E-state index contributed by atoms with van der Waals surface area (Å²) in [6, 6.07) is 1.92. The summed E-state index contributed by atoms with van der Waals surface area (Å²) in [7, 11) is 1.87. The number of aliphatic hydroxyl groups is 1. The molecule has 0 unspecified atom stereocenters. The van der Waals surface area contributed by atoms with E-state index in [0.717, 1.165) is 18.5 Å². The minimum atomic E-state index is -1.06. The standard InChI is InChI=1S/C14H22N2O2/c1-11-5-8-14(18,9-6-11)13(17)4-3-12-7-10-15-16(12)2/h7,10-11,18H,3-6,8-9H2,1-2H3. The van der Waals surface area contributed by atoms with Gasteiger partial charge in [-0.2, -0.15) is 5.10 Å². The van der Waals surface area contributed by atoms with Gasteiger partial charge in [0.15, 0.2) is 5.78 Å². The smallest absolute Gasteiger partial charge is 0.164 e. The molecular formula is C14H22N2O2. The normalized spacial score (nSPS) is 28.3. The molecule has 18 heavy (non-hydrogen) atoms.